The number of rotatable bonds is 6. The van der Waals surface area contributed by atoms with E-state index in [0.29, 0.717) is 21.7 Å². The van der Waals surface area contributed by atoms with Crippen LogP contribution in [0.15, 0.2) is 36.4 Å². The molecule has 2 aromatic rings. The molecule has 0 amide bonds. The molecule has 3 nitrogen and oxygen atoms in total. The highest BCUT2D eigenvalue weighted by Crippen LogP contribution is 2.28. The van der Waals surface area contributed by atoms with Crippen molar-refractivity contribution in [3.05, 3.63) is 52.1 Å². The molecule has 0 unspecified atom stereocenters. The number of nitrogens with one attached hydrogen (secondary N) is 1. The standard InChI is InChI=1S/C15H16Cl2N2O/c1-2-8-18-10-11-4-3-5-15(19-11)20-12-6-7-13(16)14(17)9-12/h3-7,9,18H,2,8,10H2,1H3. The van der Waals surface area contributed by atoms with E-state index in [0.717, 1.165) is 25.2 Å². The summed E-state index contributed by atoms with van der Waals surface area (Å²) in [5.41, 5.74) is 0.941. The van der Waals surface area contributed by atoms with Crippen LogP contribution in [0.5, 0.6) is 11.6 Å². The molecule has 1 aromatic carbocycles. The van der Waals surface area contributed by atoms with Crippen molar-refractivity contribution < 1.29 is 4.74 Å². The van der Waals surface area contributed by atoms with Gasteiger partial charge in [-0.25, -0.2) is 4.98 Å². The van der Waals surface area contributed by atoms with Crippen molar-refractivity contribution in [3.8, 4) is 11.6 Å². The molecule has 1 heterocycles. The van der Waals surface area contributed by atoms with Crippen LogP contribution in [0.2, 0.25) is 10.0 Å². The monoisotopic (exact) mass is 310 g/mol. The summed E-state index contributed by atoms with van der Waals surface area (Å²) in [6.07, 6.45) is 1.10. The Balaban J connectivity index is 2.05. The van der Waals surface area contributed by atoms with Gasteiger partial charge in [-0.3, -0.25) is 0 Å². The zero-order valence-corrected chi connectivity index (χ0v) is 12.7. The van der Waals surface area contributed by atoms with Gasteiger partial charge in [-0.1, -0.05) is 36.2 Å². The number of hydrogen-bond acceptors (Lipinski definition) is 3. The Morgan fingerprint density at radius 3 is 2.75 bits per heavy atom. The molecule has 0 atom stereocenters. The maximum absolute atomic E-state index is 5.95. The van der Waals surface area contributed by atoms with Crippen molar-refractivity contribution in [3.63, 3.8) is 0 Å². The Morgan fingerprint density at radius 1 is 1.15 bits per heavy atom. The highest BCUT2D eigenvalue weighted by molar-refractivity contribution is 6.42. The van der Waals surface area contributed by atoms with Crippen molar-refractivity contribution in [2.45, 2.75) is 19.9 Å². The van der Waals surface area contributed by atoms with Gasteiger partial charge in [0.05, 0.1) is 15.7 Å². The van der Waals surface area contributed by atoms with Gasteiger partial charge in [0.25, 0.3) is 0 Å². The van der Waals surface area contributed by atoms with E-state index in [-0.39, 0.29) is 0 Å². The van der Waals surface area contributed by atoms with Crippen LogP contribution in [-0.4, -0.2) is 11.5 Å². The third-order valence-electron chi connectivity index (χ3n) is 2.63. The SMILES string of the molecule is CCCNCc1cccc(Oc2ccc(Cl)c(Cl)c2)n1. The average molecular weight is 311 g/mol. The summed E-state index contributed by atoms with van der Waals surface area (Å²) in [4.78, 5) is 4.43. The van der Waals surface area contributed by atoms with E-state index in [4.69, 9.17) is 27.9 Å². The van der Waals surface area contributed by atoms with Crippen LogP contribution in [0.3, 0.4) is 0 Å². The molecule has 0 bridgehead atoms. The van der Waals surface area contributed by atoms with Crippen molar-refractivity contribution in [1.82, 2.24) is 10.3 Å². The Bertz CT molecular complexity index is 576. The van der Waals surface area contributed by atoms with E-state index in [2.05, 4.69) is 17.2 Å². The molecule has 2 rings (SSSR count). The molecule has 20 heavy (non-hydrogen) atoms. The van der Waals surface area contributed by atoms with Gasteiger partial charge in [-0.2, -0.15) is 0 Å². The molecule has 0 saturated heterocycles. The summed E-state index contributed by atoms with van der Waals surface area (Å²) in [5.74, 6) is 1.16. The molecule has 1 N–H and O–H groups in total. The van der Waals surface area contributed by atoms with Crippen LogP contribution in [-0.2, 0) is 6.54 Å². The molecule has 0 aliphatic carbocycles. The van der Waals surface area contributed by atoms with Crippen molar-refractivity contribution in [1.29, 1.82) is 0 Å². The number of ether oxygens (including phenoxy) is 1. The van der Waals surface area contributed by atoms with E-state index < -0.39 is 0 Å². The number of hydrogen-bond donors (Lipinski definition) is 1. The Labute approximate surface area is 128 Å². The fourth-order valence-corrected chi connectivity index (χ4v) is 1.96. The molecule has 1 aromatic heterocycles. The first-order valence-corrected chi connectivity index (χ1v) is 7.24. The quantitative estimate of drug-likeness (QED) is 0.787. The molecule has 0 fully saturated rings. The Hall–Kier alpha value is -1.29. The Morgan fingerprint density at radius 2 is 2.00 bits per heavy atom. The molecule has 0 aliphatic heterocycles. The second kappa shape index (κ2) is 7.48. The van der Waals surface area contributed by atoms with Gasteiger partial charge < -0.3 is 10.1 Å². The summed E-state index contributed by atoms with van der Waals surface area (Å²) in [6.45, 7) is 3.83. The minimum Gasteiger partial charge on any atom is -0.439 e. The van der Waals surface area contributed by atoms with Crippen LogP contribution in [0, 0.1) is 0 Å². The van der Waals surface area contributed by atoms with Gasteiger partial charge in [-0.15, -0.1) is 0 Å². The number of nitrogens with zero attached hydrogens (tertiary/aromatic N) is 1. The lowest BCUT2D eigenvalue weighted by Gasteiger charge is -2.08. The molecule has 0 aliphatic rings. The van der Waals surface area contributed by atoms with Crippen molar-refractivity contribution in [2.24, 2.45) is 0 Å². The third-order valence-corrected chi connectivity index (χ3v) is 3.37. The lowest BCUT2D eigenvalue weighted by atomic mass is 10.3. The highest BCUT2D eigenvalue weighted by atomic mass is 35.5. The zero-order chi connectivity index (χ0) is 14.4. The largest absolute Gasteiger partial charge is 0.439 e. The fourth-order valence-electron chi connectivity index (χ4n) is 1.67. The minimum atomic E-state index is 0.463. The smallest absolute Gasteiger partial charge is 0.219 e. The lowest BCUT2D eigenvalue weighted by molar-refractivity contribution is 0.459. The molecule has 0 radical (unpaired) electrons. The second-order valence-electron chi connectivity index (χ2n) is 4.32. The number of aromatic nitrogens is 1. The average Bonchev–Trinajstić information content (AvgIpc) is 2.44. The number of benzene rings is 1. The fraction of sp³-hybridized carbons (Fsp3) is 0.267. The molecular weight excluding hydrogens is 295 g/mol. The van der Waals surface area contributed by atoms with E-state index >= 15 is 0 Å². The lowest BCUT2D eigenvalue weighted by Crippen LogP contribution is -2.14. The summed E-state index contributed by atoms with van der Waals surface area (Å²) in [7, 11) is 0. The maximum atomic E-state index is 5.95. The molecular formula is C15H16Cl2N2O. The van der Waals surface area contributed by atoms with Crippen LogP contribution < -0.4 is 10.1 Å². The molecule has 106 valence electrons. The molecule has 0 saturated carbocycles. The highest BCUT2D eigenvalue weighted by Gasteiger charge is 2.03. The predicted molar refractivity (Wildman–Crippen MR) is 82.8 cm³/mol. The summed E-state index contributed by atoms with van der Waals surface area (Å²) < 4.78 is 5.68. The molecule has 0 spiro atoms. The first kappa shape index (κ1) is 15.1. The topological polar surface area (TPSA) is 34.1 Å². The van der Waals surface area contributed by atoms with E-state index in [1.54, 1.807) is 18.2 Å². The van der Waals surface area contributed by atoms with Crippen LogP contribution in [0.25, 0.3) is 0 Å². The van der Waals surface area contributed by atoms with Crippen LogP contribution in [0.4, 0.5) is 0 Å². The van der Waals surface area contributed by atoms with Gasteiger partial charge in [-0.05, 0) is 31.2 Å². The first-order chi connectivity index (χ1) is 9.69. The van der Waals surface area contributed by atoms with E-state index in [1.165, 1.54) is 0 Å². The zero-order valence-electron chi connectivity index (χ0n) is 11.2. The summed E-state index contributed by atoms with van der Waals surface area (Å²) in [5, 5.41) is 4.27. The summed E-state index contributed by atoms with van der Waals surface area (Å²) >= 11 is 11.8. The van der Waals surface area contributed by atoms with Gasteiger partial charge in [0.2, 0.25) is 5.88 Å². The summed E-state index contributed by atoms with van der Waals surface area (Å²) in [6, 6.07) is 10.8. The van der Waals surface area contributed by atoms with Gasteiger partial charge in [0.1, 0.15) is 5.75 Å². The number of pyridine rings is 1. The maximum Gasteiger partial charge on any atom is 0.219 e. The molecule has 5 heteroatoms. The van der Waals surface area contributed by atoms with Crippen molar-refractivity contribution in [2.75, 3.05) is 6.54 Å². The normalized spacial score (nSPS) is 10.6. The third kappa shape index (κ3) is 4.37. The van der Waals surface area contributed by atoms with E-state index in [9.17, 15) is 0 Å². The van der Waals surface area contributed by atoms with Gasteiger partial charge in [0.15, 0.2) is 0 Å². The van der Waals surface area contributed by atoms with Gasteiger partial charge >= 0.3 is 0 Å². The van der Waals surface area contributed by atoms with E-state index in [1.807, 2.05) is 18.2 Å². The van der Waals surface area contributed by atoms with Gasteiger partial charge in [0, 0.05) is 18.7 Å². The second-order valence-corrected chi connectivity index (χ2v) is 5.14. The number of halogens is 2. The minimum absolute atomic E-state index is 0.463. The predicted octanol–water partition coefficient (Wildman–Crippen LogP) is 4.68. The van der Waals surface area contributed by atoms with Crippen LogP contribution in [0.1, 0.15) is 19.0 Å². The first-order valence-electron chi connectivity index (χ1n) is 6.48. The van der Waals surface area contributed by atoms with Crippen molar-refractivity contribution >= 4 is 23.2 Å². The Kier molecular flexibility index (Phi) is 5.65. The van der Waals surface area contributed by atoms with Crippen LogP contribution >= 0.6 is 23.2 Å².